The number of aliphatic hydroxyl groups is 1. The van der Waals surface area contributed by atoms with Crippen LogP contribution in [0.25, 0.3) is 0 Å². The van der Waals surface area contributed by atoms with Gasteiger partial charge in [0.1, 0.15) is 5.82 Å². The summed E-state index contributed by atoms with van der Waals surface area (Å²) in [4.78, 5) is 12.6. The molecular formula is C23H25ClFNO4S. The highest BCUT2D eigenvalue weighted by atomic mass is 35.5. The van der Waals surface area contributed by atoms with Gasteiger partial charge in [0.2, 0.25) is 0 Å². The Balaban J connectivity index is 1.60. The summed E-state index contributed by atoms with van der Waals surface area (Å²) in [6.45, 7) is 3.39. The molecule has 1 amide bonds. The number of halogens is 2. The maximum absolute atomic E-state index is 13.5. The first-order valence-electron chi connectivity index (χ1n) is 10.3. The van der Waals surface area contributed by atoms with Crippen LogP contribution >= 0.6 is 11.6 Å². The molecule has 2 unspecified atom stereocenters. The Hall–Kier alpha value is -1.96. The summed E-state index contributed by atoms with van der Waals surface area (Å²) in [5.74, 6) is -1.000. The van der Waals surface area contributed by atoms with Gasteiger partial charge in [0.15, 0.2) is 9.84 Å². The zero-order valence-electron chi connectivity index (χ0n) is 17.4. The molecule has 2 atom stereocenters. The fraction of sp³-hybridized carbons (Fsp3) is 0.435. The van der Waals surface area contributed by atoms with Crippen LogP contribution < -0.4 is 5.32 Å². The number of hydrogen-bond donors (Lipinski definition) is 2. The van der Waals surface area contributed by atoms with E-state index < -0.39 is 26.6 Å². The smallest absolute Gasteiger partial charge is 0.255 e. The van der Waals surface area contributed by atoms with Crippen LogP contribution in [0.5, 0.6) is 0 Å². The average molecular weight is 466 g/mol. The van der Waals surface area contributed by atoms with Gasteiger partial charge in [-0.25, -0.2) is 12.8 Å². The average Bonchev–Trinajstić information content (AvgIpc) is 2.87. The van der Waals surface area contributed by atoms with Crippen LogP contribution in [0.4, 0.5) is 10.1 Å². The summed E-state index contributed by atoms with van der Waals surface area (Å²) in [5.41, 5.74) is 0.121. The van der Waals surface area contributed by atoms with Gasteiger partial charge in [-0.15, -0.1) is 0 Å². The molecule has 31 heavy (non-hydrogen) atoms. The molecule has 0 aliphatic heterocycles. The van der Waals surface area contributed by atoms with E-state index in [1.807, 2.05) is 0 Å². The Morgan fingerprint density at radius 2 is 1.81 bits per heavy atom. The van der Waals surface area contributed by atoms with E-state index in [1.54, 1.807) is 13.8 Å². The molecule has 2 N–H and O–H groups in total. The maximum atomic E-state index is 13.5. The lowest BCUT2D eigenvalue weighted by Gasteiger charge is -2.40. The summed E-state index contributed by atoms with van der Waals surface area (Å²) in [6, 6.07) is 8.38. The number of sulfone groups is 1. The summed E-state index contributed by atoms with van der Waals surface area (Å²) < 4.78 is 40.3. The van der Waals surface area contributed by atoms with E-state index in [1.165, 1.54) is 36.4 Å². The molecule has 0 saturated heterocycles. The van der Waals surface area contributed by atoms with Crippen LogP contribution in [0.3, 0.4) is 0 Å². The fourth-order valence-corrected chi connectivity index (χ4v) is 7.39. The van der Waals surface area contributed by atoms with Crippen molar-refractivity contribution in [3.8, 4) is 0 Å². The first kappa shape index (κ1) is 22.2. The monoisotopic (exact) mass is 465 g/mol. The van der Waals surface area contributed by atoms with Gasteiger partial charge in [-0.2, -0.15) is 0 Å². The van der Waals surface area contributed by atoms with Crippen molar-refractivity contribution in [2.45, 2.75) is 55.3 Å². The summed E-state index contributed by atoms with van der Waals surface area (Å²) in [5, 5.41) is 12.8. The molecule has 2 aromatic rings. The van der Waals surface area contributed by atoms with E-state index in [9.17, 15) is 22.7 Å². The maximum Gasteiger partial charge on any atom is 0.255 e. The van der Waals surface area contributed by atoms with E-state index in [-0.39, 0.29) is 33.1 Å². The molecule has 0 spiro atoms. The van der Waals surface area contributed by atoms with E-state index in [0.29, 0.717) is 24.1 Å². The Morgan fingerprint density at radius 1 is 1.16 bits per heavy atom. The normalized spacial score (nSPS) is 27.8. The van der Waals surface area contributed by atoms with Crippen LogP contribution in [-0.4, -0.2) is 30.3 Å². The lowest BCUT2D eigenvalue weighted by molar-refractivity contribution is -0.0413. The Morgan fingerprint density at radius 3 is 2.42 bits per heavy atom. The number of anilines is 1. The number of aryl methyl sites for hydroxylation is 1. The second-order valence-electron chi connectivity index (χ2n) is 8.90. The van der Waals surface area contributed by atoms with Crippen molar-refractivity contribution in [2.24, 2.45) is 11.8 Å². The zero-order chi connectivity index (χ0) is 22.6. The summed E-state index contributed by atoms with van der Waals surface area (Å²) in [6.07, 6.45) is 2.40. The molecule has 5 nitrogen and oxygen atoms in total. The molecule has 2 aromatic carbocycles. The molecule has 2 bridgehead atoms. The molecule has 2 aliphatic carbocycles. The van der Waals surface area contributed by atoms with Crippen LogP contribution in [-0.2, 0) is 9.84 Å². The predicted octanol–water partition coefficient (Wildman–Crippen LogP) is 4.75. The summed E-state index contributed by atoms with van der Waals surface area (Å²) in [7, 11) is -3.78. The van der Waals surface area contributed by atoms with E-state index in [2.05, 4.69) is 5.32 Å². The van der Waals surface area contributed by atoms with Gasteiger partial charge in [-0.1, -0.05) is 11.6 Å². The highest BCUT2D eigenvalue weighted by molar-refractivity contribution is 7.92. The molecule has 2 saturated carbocycles. The third-order valence-corrected chi connectivity index (χ3v) is 9.62. The van der Waals surface area contributed by atoms with E-state index >= 15 is 0 Å². The predicted molar refractivity (Wildman–Crippen MR) is 118 cm³/mol. The minimum Gasteiger partial charge on any atom is -0.390 e. The third-order valence-electron chi connectivity index (χ3n) is 6.97. The molecule has 2 aliphatic rings. The molecule has 166 valence electrons. The van der Waals surface area contributed by atoms with Gasteiger partial charge >= 0.3 is 0 Å². The molecular weight excluding hydrogens is 441 g/mol. The van der Waals surface area contributed by atoms with Crippen molar-refractivity contribution in [1.29, 1.82) is 0 Å². The number of rotatable bonds is 4. The SMILES string of the molecule is Cc1cc(NC(=O)c2ccc(Cl)c(S(=O)(=O)[C@H]3CC4CCC(C3)[C@@]4(C)O)c2)ccc1F. The van der Waals surface area contributed by atoms with Gasteiger partial charge in [0.25, 0.3) is 5.91 Å². The second kappa shape index (κ2) is 7.87. The molecule has 0 radical (unpaired) electrons. The van der Waals surface area contributed by atoms with Crippen LogP contribution in [0.15, 0.2) is 41.3 Å². The summed E-state index contributed by atoms with van der Waals surface area (Å²) >= 11 is 6.25. The van der Waals surface area contributed by atoms with Crippen molar-refractivity contribution in [3.63, 3.8) is 0 Å². The van der Waals surface area contributed by atoms with Gasteiger partial charge in [-0.05, 0) is 93.3 Å². The zero-order valence-corrected chi connectivity index (χ0v) is 18.9. The highest BCUT2D eigenvalue weighted by Crippen LogP contribution is 2.51. The molecule has 0 aromatic heterocycles. The van der Waals surface area contributed by atoms with Crippen molar-refractivity contribution in [3.05, 3.63) is 58.4 Å². The van der Waals surface area contributed by atoms with Crippen molar-refractivity contribution < 1.29 is 22.7 Å². The number of carbonyl (C=O) groups excluding carboxylic acids is 1. The fourth-order valence-electron chi connectivity index (χ4n) is 4.99. The number of hydrogen-bond acceptors (Lipinski definition) is 4. The number of nitrogens with one attached hydrogen (secondary N) is 1. The van der Waals surface area contributed by atoms with Gasteiger partial charge in [0, 0.05) is 11.3 Å². The number of benzene rings is 2. The molecule has 8 heteroatoms. The molecule has 4 rings (SSSR count). The third kappa shape index (κ3) is 3.99. The number of amides is 1. The van der Waals surface area contributed by atoms with Crippen LogP contribution in [0.2, 0.25) is 5.02 Å². The molecule has 0 heterocycles. The topological polar surface area (TPSA) is 83.5 Å². The van der Waals surface area contributed by atoms with E-state index in [4.69, 9.17) is 11.6 Å². The van der Waals surface area contributed by atoms with E-state index in [0.717, 1.165) is 12.8 Å². The number of carbonyl (C=O) groups is 1. The van der Waals surface area contributed by atoms with Gasteiger partial charge in [0.05, 0.1) is 20.8 Å². The van der Waals surface area contributed by atoms with Gasteiger partial charge < -0.3 is 10.4 Å². The lowest BCUT2D eigenvalue weighted by atomic mass is 9.76. The van der Waals surface area contributed by atoms with Crippen molar-refractivity contribution >= 4 is 33.0 Å². The van der Waals surface area contributed by atoms with Crippen LogP contribution in [0, 0.1) is 24.6 Å². The first-order valence-corrected chi connectivity index (χ1v) is 12.3. The minimum atomic E-state index is -3.78. The van der Waals surface area contributed by atoms with Gasteiger partial charge in [-0.3, -0.25) is 4.79 Å². The first-order chi connectivity index (χ1) is 14.5. The Bertz CT molecular complexity index is 1130. The van der Waals surface area contributed by atoms with Crippen molar-refractivity contribution in [2.75, 3.05) is 5.32 Å². The Kier molecular flexibility index (Phi) is 5.65. The quantitative estimate of drug-likeness (QED) is 0.682. The standard InChI is InChI=1S/C23H25ClFNO4S/c1-13-9-17(6-8-20(13)25)26-22(27)14-3-7-19(24)21(10-14)31(29,30)18-11-15-4-5-16(12-18)23(15,2)28/h3,6-10,15-16,18,28H,4-5,11-12H2,1-2H3,(H,26,27)/t15?,16?,18-,23-. The minimum absolute atomic E-state index is 0.0574. The van der Waals surface area contributed by atoms with Crippen LogP contribution in [0.1, 0.15) is 48.5 Å². The Labute approximate surface area is 186 Å². The second-order valence-corrected chi connectivity index (χ2v) is 11.5. The largest absolute Gasteiger partial charge is 0.390 e. The van der Waals surface area contributed by atoms with Crippen molar-refractivity contribution in [1.82, 2.24) is 0 Å². The number of fused-ring (bicyclic) bond motifs is 2. The highest BCUT2D eigenvalue weighted by Gasteiger charge is 2.53. The lowest BCUT2D eigenvalue weighted by Crippen LogP contribution is -2.45. The molecule has 2 fully saturated rings.